The molecule has 3 amide bonds. The number of amides is 3. The number of β-lactam (4-membered cyclic amide) rings is 1. The molecule has 186 valence electrons. The van der Waals surface area contributed by atoms with Crippen molar-refractivity contribution in [1.82, 2.24) is 15.1 Å². The Kier molecular flexibility index (Phi) is 7.17. The van der Waals surface area contributed by atoms with E-state index in [1.54, 1.807) is 0 Å². The van der Waals surface area contributed by atoms with Crippen molar-refractivity contribution in [2.75, 3.05) is 24.6 Å². The van der Waals surface area contributed by atoms with E-state index in [-0.39, 0.29) is 47.2 Å². The second-order valence-electron chi connectivity index (χ2n) is 8.00. The van der Waals surface area contributed by atoms with Crippen molar-refractivity contribution < 1.29 is 37.5 Å². The third-order valence-electron chi connectivity index (χ3n) is 5.56. The van der Waals surface area contributed by atoms with Crippen molar-refractivity contribution in [3.05, 3.63) is 53.3 Å². The van der Waals surface area contributed by atoms with Crippen LogP contribution in [0, 0.1) is 0 Å². The van der Waals surface area contributed by atoms with E-state index in [1.807, 2.05) is 30.3 Å². The number of carbonyl (C=O) groups excluding carboxylic acids is 3. The number of nitrogens with one attached hydrogen (secondary N) is 1. The normalized spacial score (nSPS) is 23.5. The molecule has 2 N–H and O–H groups in total. The monoisotopic (exact) mass is 527 g/mol. The van der Waals surface area contributed by atoms with Gasteiger partial charge in [0.15, 0.2) is 0 Å². The molecule has 2 fully saturated rings. The molecule has 1 aromatic rings. The highest BCUT2D eigenvalue weighted by molar-refractivity contribution is 8.00. The van der Waals surface area contributed by atoms with Gasteiger partial charge in [-0.2, -0.15) is 13.2 Å². The lowest BCUT2D eigenvalue weighted by Crippen LogP contribution is -2.70. The number of aliphatic carboxylic acids is 1. The van der Waals surface area contributed by atoms with Gasteiger partial charge in [-0.1, -0.05) is 18.2 Å². The molecule has 2 atom stereocenters. The molecule has 3 aliphatic heterocycles. The van der Waals surface area contributed by atoms with Gasteiger partial charge in [0.1, 0.15) is 23.7 Å². The highest BCUT2D eigenvalue weighted by Crippen LogP contribution is 2.41. The summed E-state index contributed by atoms with van der Waals surface area (Å²) in [5.74, 6) is -2.95. The second-order valence-corrected chi connectivity index (χ2v) is 10.2. The van der Waals surface area contributed by atoms with Crippen LogP contribution >= 0.6 is 23.5 Å². The van der Waals surface area contributed by atoms with Crippen molar-refractivity contribution >= 4 is 47.2 Å². The molecule has 0 spiro atoms. The molecule has 8 nitrogen and oxygen atoms in total. The first-order chi connectivity index (χ1) is 16.5. The fraction of sp³-hybridized carbons (Fsp3) is 0.364. The van der Waals surface area contributed by atoms with Crippen LogP contribution in [0.1, 0.15) is 6.42 Å². The van der Waals surface area contributed by atoms with Crippen LogP contribution in [0.3, 0.4) is 0 Å². The van der Waals surface area contributed by atoms with Gasteiger partial charge in [0, 0.05) is 22.8 Å². The molecule has 0 aliphatic carbocycles. The van der Waals surface area contributed by atoms with Crippen molar-refractivity contribution in [2.45, 2.75) is 28.9 Å². The number of likely N-dealkylation sites (tertiary alicyclic amines) is 1. The summed E-state index contributed by atoms with van der Waals surface area (Å²) >= 11 is 2.52. The average Bonchev–Trinajstić information content (AvgIpc) is 3.13. The Morgan fingerprint density at radius 3 is 2.60 bits per heavy atom. The van der Waals surface area contributed by atoms with Crippen molar-refractivity contribution in [3.8, 4) is 0 Å². The lowest BCUT2D eigenvalue weighted by Gasteiger charge is -2.49. The molecule has 4 rings (SSSR count). The molecular formula is C22H20F3N3O5S2. The summed E-state index contributed by atoms with van der Waals surface area (Å²) in [6, 6.07) is 8.34. The number of carboxylic acid groups (broad SMARTS) is 1. The minimum Gasteiger partial charge on any atom is -0.477 e. The van der Waals surface area contributed by atoms with Crippen LogP contribution in [0.15, 0.2) is 58.1 Å². The Hall–Kier alpha value is -2.93. The van der Waals surface area contributed by atoms with Crippen molar-refractivity contribution in [1.29, 1.82) is 0 Å². The molecule has 3 aliphatic rings. The number of thioether (sulfide) groups is 2. The SMILES string of the molecule is O=C(CSc1ccccc1)N[C@@H]1C(=O)N2C(C(=O)O)=C(/C=C3\CCN(CC(F)(F)F)C3=O)CS[C@H]12. The van der Waals surface area contributed by atoms with Crippen LogP contribution in [-0.4, -0.2) is 80.8 Å². The molecule has 0 aromatic heterocycles. The topological polar surface area (TPSA) is 107 Å². The summed E-state index contributed by atoms with van der Waals surface area (Å²) in [7, 11) is 0. The molecular weight excluding hydrogens is 507 g/mol. The molecule has 0 radical (unpaired) electrons. The van der Waals surface area contributed by atoms with Crippen LogP contribution in [0.2, 0.25) is 0 Å². The Morgan fingerprint density at radius 2 is 1.94 bits per heavy atom. The van der Waals surface area contributed by atoms with E-state index in [1.165, 1.54) is 29.6 Å². The van der Waals surface area contributed by atoms with Gasteiger partial charge in [-0.15, -0.1) is 23.5 Å². The average molecular weight is 528 g/mol. The number of hydrogen-bond donors (Lipinski definition) is 2. The Bertz CT molecular complexity index is 1120. The van der Waals surface area contributed by atoms with Crippen LogP contribution in [0.5, 0.6) is 0 Å². The third kappa shape index (κ3) is 5.50. The minimum atomic E-state index is -4.53. The summed E-state index contributed by atoms with van der Waals surface area (Å²) in [6.45, 7) is -1.49. The smallest absolute Gasteiger partial charge is 0.406 e. The van der Waals surface area contributed by atoms with E-state index in [0.29, 0.717) is 4.90 Å². The summed E-state index contributed by atoms with van der Waals surface area (Å²) < 4.78 is 38.0. The number of nitrogens with zero attached hydrogens (tertiary/aromatic N) is 2. The lowest BCUT2D eigenvalue weighted by atomic mass is 10.0. The van der Waals surface area contributed by atoms with E-state index >= 15 is 0 Å². The van der Waals surface area contributed by atoms with Crippen LogP contribution < -0.4 is 5.32 Å². The largest absolute Gasteiger partial charge is 0.477 e. The zero-order valence-electron chi connectivity index (χ0n) is 18.1. The second kappa shape index (κ2) is 9.97. The van der Waals surface area contributed by atoms with E-state index in [2.05, 4.69) is 5.32 Å². The molecule has 1 aromatic carbocycles. The molecule has 2 saturated heterocycles. The Morgan fingerprint density at radius 1 is 1.23 bits per heavy atom. The van der Waals surface area contributed by atoms with Crippen LogP contribution in [0.4, 0.5) is 13.2 Å². The maximum Gasteiger partial charge on any atom is 0.406 e. The number of carboxylic acids is 1. The molecule has 3 heterocycles. The Balaban J connectivity index is 1.44. The first-order valence-corrected chi connectivity index (χ1v) is 12.5. The first kappa shape index (κ1) is 25.2. The van der Waals surface area contributed by atoms with Gasteiger partial charge in [0.25, 0.3) is 5.91 Å². The van der Waals surface area contributed by atoms with E-state index in [4.69, 9.17) is 0 Å². The standard InChI is InChI=1S/C22H20F3N3O5S2/c23-22(24,25)11-27-7-6-12(18(27)30)8-13-9-35-20-16(19(31)28(20)17(13)21(32)33)26-15(29)10-34-14-4-2-1-3-5-14/h1-5,8,16,20H,6-7,9-11H2,(H,26,29)(H,32,33)/b12-8+/t16-,20-/m1/s1. The predicted octanol–water partition coefficient (Wildman–Crippen LogP) is 2.24. The quantitative estimate of drug-likeness (QED) is 0.318. The maximum atomic E-state index is 12.7. The summed E-state index contributed by atoms with van der Waals surface area (Å²) in [5, 5.41) is 11.8. The lowest BCUT2D eigenvalue weighted by molar-refractivity contribution is -0.156. The van der Waals surface area contributed by atoms with E-state index in [0.717, 1.165) is 9.80 Å². The molecule has 0 saturated carbocycles. The van der Waals surface area contributed by atoms with Crippen LogP contribution in [0.25, 0.3) is 0 Å². The third-order valence-corrected chi connectivity index (χ3v) is 7.88. The van der Waals surface area contributed by atoms with Gasteiger partial charge in [-0.05, 0) is 30.2 Å². The van der Waals surface area contributed by atoms with Crippen molar-refractivity contribution in [2.24, 2.45) is 0 Å². The van der Waals surface area contributed by atoms with Crippen LogP contribution in [-0.2, 0) is 19.2 Å². The number of rotatable bonds is 7. The number of alkyl halides is 3. The van der Waals surface area contributed by atoms with Gasteiger partial charge in [0.2, 0.25) is 11.8 Å². The Labute approximate surface area is 206 Å². The highest BCUT2D eigenvalue weighted by atomic mass is 32.2. The van der Waals surface area contributed by atoms with Gasteiger partial charge in [0.05, 0.1) is 5.75 Å². The number of carbonyl (C=O) groups is 4. The first-order valence-electron chi connectivity index (χ1n) is 10.5. The van der Waals surface area contributed by atoms with E-state index < -0.39 is 41.9 Å². The zero-order chi connectivity index (χ0) is 25.3. The molecule has 0 bridgehead atoms. The summed E-state index contributed by atoms with van der Waals surface area (Å²) in [6.07, 6.45) is -3.21. The molecule has 0 unspecified atom stereocenters. The van der Waals surface area contributed by atoms with Gasteiger partial charge < -0.3 is 15.3 Å². The molecule has 13 heteroatoms. The predicted molar refractivity (Wildman–Crippen MR) is 122 cm³/mol. The fourth-order valence-electron chi connectivity index (χ4n) is 4.01. The maximum absolute atomic E-state index is 12.7. The summed E-state index contributed by atoms with van der Waals surface area (Å²) in [4.78, 5) is 52.0. The highest BCUT2D eigenvalue weighted by Gasteiger charge is 2.54. The number of benzene rings is 1. The minimum absolute atomic E-state index is 0.0467. The van der Waals surface area contributed by atoms with E-state index in [9.17, 15) is 37.5 Å². The van der Waals surface area contributed by atoms with Crippen molar-refractivity contribution in [3.63, 3.8) is 0 Å². The molecule has 35 heavy (non-hydrogen) atoms. The number of hydrogen-bond acceptors (Lipinski definition) is 6. The number of halogens is 3. The van der Waals surface area contributed by atoms with Gasteiger partial charge in [-0.25, -0.2) is 4.79 Å². The summed E-state index contributed by atoms with van der Waals surface area (Å²) in [5.41, 5.74) is -0.0796. The fourth-order valence-corrected chi connectivity index (χ4v) is 6.05. The van der Waals surface area contributed by atoms with Gasteiger partial charge in [-0.3, -0.25) is 19.3 Å². The number of fused-ring (bicyclic) bond motifs is 1. The zero-order valence-corrected chi connectivity index (χ0v) is 19.7. The number of allylic oxidation sites excluding steroid dienone is 1. The van der Waals surface area contributed by atoms with Gasteiger partial charge >= 0.3 is 12.1 Å².